The van der Waals surface area contributed by atoms with Crippen molar-refractivity contribution in [3.8, 4) is 0 Å². The molecule has 0 aliphatic heterocycles. The Morgan fingerprint density at radius 2 is 1.49 bits per heavy atom. The zero-order chi connectivity index (χ0) is 30.1. The van der Waals surface area contributed by atoms with E-state index in [1.807, 2.05) is 37.3 Å². The van der Waals surface area contributed by atoms with Crippen molar-refractivity contribution in [2.45, 2.75) is 31.8 Å². The van der Waals surface area contributed by atoms with Gasteiger partial charge in [0.2, 0.25) is 0 Å². The molecule has 0 atom stereocenters. The summed E-state index contributed by atoms with van der Waals surface area (Å²) >= 11 is 6.10. The summed E-state index contributed by atoms with van der Waals surface area (Å²) in [5.41, 5.74) is 5.03. The number of hydrogen-bond donors (Lipinski definition) is 1. The van der Waals surface area contributed by atoms with Gasteiger partial charge in [0, 0.05) is 39.1 Å². The number of nitrogens with zero attached hydrogens (tertiary/aromatic N) is 2. The number of carbonyl (C=O) groups is 1. The van der Waals surface area contributed by atoms with E-state index in [0.717, 1.165) is 39.5 Å². The normalized spacial score (nSPS) is 11.6. The minimum Gasteiger partial charge on any atom is -0.341 e. The topological polar surface area (TPSA) is 71.4 Å². The fourth-order valence-corrected chi connectivity index (χ4v) is 7.04. The lowest BCUT2D eigenvalue weighted by atomic mass is 10.1. The summed E-state index contributed by atoms with van der Waals surface area (Å²) < 4.78 is 31.8. The fourth-order valence-electron chi connectivity index (χ4n) is 5.45. The van der Waals surface area contributed by atoms with Crippen molar-refractivity contribution >= 4 is 60.7 Å². The van der Waals surface area contributed by atoms with E-state index in [9.17, 15) is 13.2 Å². The highest BCUT2D eigenvalue weighted by molar-refractivity contribution is 7.92. The molecule has 0 aliphatic carbocycles. The van der Waals surface area contributed by atoms with Crippen LogP contribution in [0.25, 0.3) is 21.8 Å². The molecule has 8 heteroatoms. The van der Waals surface area contributed by atoms with Crippen LogP contribution in [-0.4, -0.2) is 18.9 Å². The smallest absolute Gasteiger partial charge is 0.264 e. The molecule has 0 spiro atoms. The van der Waals surface area contributed by atoms with Crippen molar-refractivity contribution in [3.63, 3.8) is 0 Å². The molecule has 6 aromatic rings. The van der Waals surface area contributed by atoms with Crippen LogP contribution in [0.3, 0.4) is 0 Å². The Hall–Kier alpha value is -4.59. The predicted octanol–water partition coefficient (Wildman–Crippen LogP) is 8.42. The van der Waals surface area contributed by atoms with Gasteiger partial charge >= 0.3 is 0 Å². The van der Waals surface area contributed by atoms with E-state index < -0.39 is 15.9 Å². The minimum absolute atomic E-state index is 0.0140. The monoisotopic (exact) mass is 607 g/mol. The van der Waals surface area contributed by atoms with E-state index >= 15 is 0 Å². The first-order chi connectivity index (χ1) is 20.8. The summed E-state index contributed by atoms with van der Waals surface area (Å²) in [4.78, 5) is 14.0. The van der Waals surface area contributed by atoms with Gasteiger partial charge in [-0.3, -0.25) is 9.10 Å². The van der Waals surface area contributed by atoms with Gasteiger partial charge in [-0.05, 0) is 80.1 Å². The molecule has 0 aliphatic rings. The number of fused-ring (bicyclic) bond motifs is 3. The molecule has 216 valence electrons. The number of aryl methyl sites for hydroxylation is 2. The first kappa shape index (κ1) is 28.5. The Balaban J connectivity index is 1.41. The Morgan fingerprint density at radius 1 is 0.814 bits per heavy atom. The van der Waals surface area contributed by atoms with E-state index in [1.54, 1.807) is 72.8 Å². The third-order valence-electron chi connectivity index (χ3n) is 7.61. The highest BCUT2D eigenvalue weighted by atomic mass is 35.5. The Kier molecular flexibility index (Phi) is 7.69. The summed E-state index contributed by atoms with van der Waals surface area (Å²) in [6, 6.07) is 34.5. The van der Waals surface area contributed by atoms with Gasteiger partial charge < -0.3 is 9.88 Å². The molecule has 0 saturated carbocycles. The molecule has 0 radical (unpaired) electrons. The van der Waals surface area contributed by atoms with Crippen LogP contribution in [0.2, 0.25) is 5.02 Å². The Labute approximate surface area is 256 Å². The lowest BCUT2D eigenvalue weighted by Gasteiger charge is -2.27. The summed E-state index contributed by atoms with van der Waals surface area (Å²) in [7, 11) is -4.04. The second kappa shape index (κ2) is 11.6. The number of anilines is 2. The van der Waals surface area contributed by atoms with Crippen LogP contribution < -0.4 is 9.62 Å². The van der Waals surface area contributed by atoms with Crippen LogP contribution in [-0.2, 0) is 23.1 Å². The predicted molar refractivity (Wildman–Crippen MR) is 176 cm³/mol. The van der Waals surface area contributed by atoms with Crippen LogP contribution in [0.15, 0.2) is 120 Å². The molecule has 1 amide bonds. The molecule has 0 fully saturated rings. The molecule has 0 unspecified atom stereocenters. The van der Waals surface area contributed by atoms with Crippen LogP contribution in [0.4, 0.5) is 11.4 Å². The maximum Gasteiger partial charge on any atom is 0.264 e. The highest BCUT2D eigenvalue weighted by Gasteiger charge is 2.29. The molecule has 1 heterocycles. The second-order valence-electron chi connectivity index (χ2n) is 10.4. The van der Waals surface area contributed by atoms with E-state index in [1.165, 1.54) is 4.31 Å². The number of para-hydroxylation sites is 2. The maximum atomic E-state index is 14.1. The second-order valence-corrected chi connectivity index (χ2v) is 12.7. The van der Waals surface area contributed by atoms with Crippen LogP contribution in [0.1, 0.15) is 28.4 Å². The minimum atomic E-state index is -4.04. The van der Waals surface area contributed by atoms with Gasteiger partial charge in [-0.25, -0.2) is 8.42 Å². The average Bonchev–Trinajstić information content (AvgIpc) is 3.34. The summed E-state index contributed by atoms with van der Waals surface area (Å²) in [6.07, 6.45) is 0. The van der Waals surface area contributed by atoms with Gasteiger partial charge in [0.25, 0.3) is 15.9 Å². The van der Waals surface area contributed by atoms with Crippen molar-refractivity contribution in [1.82, 2.24) is 4.57 Å². The van der Waals surface area contributed by atoms with E-state index in [2.05, 4.69) is 28.9 Å². The standard InChI is InChI=1S/C35H30ClN3O3S/c1-3-38-32-10-6-4-8-29(32)31-22-27(18-21-33(31)38)37-35(40)30-9-5-7-11-34(30)39(23-25-14-16-26(36)17-15-25)43(41,42)28-19-12-24(2)13-20-28/h4-22H,3,23H2,1-2H3,(H,37,40). The van der Waals surface area contributed by atoms with Crippen molar-refractivity contribution in [1.29, 1.82) is 0 Å². The molecule has 6 rings (SSSR count). The van der Waals surface area contributed by atoms with Gasteiger partial charge in [0.05, 0.1) is 22.7 Å². The van der Waals surface area contributed by atoms with Crippen LogP contribution in [0.5, 0.6) is 0 Å². The number of hydrogen-bond acceptors (Lipinski definition) is 3. The lowest BCUT2D eigenvalue weighted by molar-refractivity contribution is 0.102. The highest BCUT2D eigenvalue weighted by Crippen LogP contribution is 2.33. The van der Waals surface area contributed by atoms with Crippen molar-refractivity contribution < 1.29 is 13.2 Å². The third kappa shape index (κ3) is 5.49. The first-order valence-electron chi connectivity index (χ1n) is 14.0. The number of sulfonamides is 1. The number of nitrogens with one attached hydrogen (secondary N) is 1. The van der Waals surface area contributed by atoms with Gasteiger partial charge in [-0.15, -0.1) is 0 Å². The molecule has 0 saturated heterocycles. The summed E-state index contributed by atoms with van der Waals surface area (Å²) in [6.45, 7) is 4.85. The molecule has 6 nitrogen and oxygen atoms in total. The lowest BCUT2D eigenvalue weighted by Crippen LogP contribution is -2.32. The Bertz CT molecular complexity index is 2070. The van der Waals surface area contributed by atoms with Crippen LogP contribution in [0, 0.1) is 6.92 Å². The molecular weight excluding hydrogens is 578 g/mol. The first-order valence-corrected chi connectivity index (χ1v) is 15.8. The summed E-state index contributed by atoms with van der Waals surface area (Å²) in [5.74, 6) is -0.408. The summed E-state index contributed by atoms with van der Waals surface area (Å²) in [5, 5.41) is 5.71. The quantitative estimate of drug-likeness (QED) is 0.189. The van der Waals surface area contributed by atoms with Gasteiger partial charge in [-0.1, -0.05) is 71.8 Å². The fraction of sp³-hybridized carbons (Fsp3) is 0.114. The largest absolute Gasteiger partial charge is 0.341 e. The molecule has 0 bridgehead atoms. The number of amides is 1. The van der Waals surface area contributed by atoms with Gasteiger partial charge in [-0.2, -0.15) is 0 Å². The van der Waals surface area contributed by atoms with E-state index in [4.69, 9.17) is 11.6 Å². The number of aromatic nitrogens is 1. The maximum absolute atomic E-state index is 14.1. The van der Waals surface area contributed by atoms with Crippen molar-refractivity contribution in [3.05, 3.63) is 137 Å². The molecule has 1 aromatic heterocycles. The number of halogens is 1. The van der Waals surface area contributed by atoms with Crippen LogP contribution >= 0.6 is 11.6 Å². The SMILES string of the molecule is CCn1c2ccccc2c2cc(NC(=O)c3ccccc3N(Cc3ccc(Cl)cc3)S(=O)(=O)c3ccc(C)cc3)ccc21. The average molecular weight is 608 g/mol. The molecular formula is C35H30ClN3O3S. The van der Waals surface area contributed by atoms with Gasteiger partial charge in [0.1, 0.15) is 0 Å². The number of benzene rings is 5. The molecule has 43 heavy (non-hydrogen) atoms. The zero-order valence-corrected chi connectivity index (χ0v) is 25.4. The Morgan fingerprint density at radius 3 is 2.23 bits per heavy atom. The molecule has 1 N–H and O–H groups in total. The van der Waals surface area contributed by atoms with Gasteiger partial charge in [0.15, 0.2) is 0 Å². The van der Waals surface area contributed by atoms with Crippen molar-refractivity contribution in [2.75, 3.05) is 9.62 Å². The number of carbonyl (C=O) groups excluding carboxylic acids is 1. The number of rotatable bonds is 8. The van der Waals surface area contributed by atoms with E-state index in [0.29, 0.717) is 10.7 Å². The van der Waals surface area contributed by atoms with E-state index in [-0.39, 0.29) is 22.7 Å². The molecule has 5 aromatic carbocycles. The third-order valence-corrected chi connectivity index (χ3v) is 9.64. The van der Waals surface area contributed by atoms with Crippen molar-refractivity contribution in [2.24, 2.45) is 0 Å². The zero-order valence-electron chi connectivity index (χ0n) is 23.8.